The molecule has 0 aliphatic carbocycles. The van der Waals surface area contributed by atoms with Gasteiger partial charge in [0.05, 0.1) is 18.2 Å². The number of hydrogen-bond donors (Lipinski definition) is 1. The first-order valence-electron chi connectivity index (χ1n) is 7.38. The highest BCUT2D eigenvalue weighted by atomic mass is 16.5. The van der Waals surface area contributed by atoms with Gasteiger partial charge in [-0.1, -0.05) is 24.2 Å². The van der Waals surface area contributed by atoms with E-state index in [1.807, 2.05) is 45.0 Å². The third kappa shape index (κ3) is 3.54. The predicted octanol–water partition coefficient (Wildman–Crippen LogP) is 3.57. The lowest BCUT2D eigenvalue weighted by molar-refractivity contribution is -0.117. The van der Waals surface area contributed by atoms with Crippen molar-refractivity contribution >= 4 is 11.6 Å². The van der Waals surface area contributed by atoms with Crippen molar-refractivity contribution in [1.82, 2.24) is 5.16 Å². The van der Waals surface area contributed by atoms with Crippen LogP contribution in [0, 0.1) is 13.8 Å². The number of aryl methyl sites for hydroxylation is 2. The van der Waals surface area contributed by atoms with Crippen molar-refractivity contribution in [2.75, 3.05) is 12.4 Å². The molecule has 0 aliphatic rings. The van der Waals surface area contributed by atoms with Crippen LogP contribution in [0.25, 0.3) is 0 Å². The van der Waals surface area contributed by atoms with E-state index in [0.717, 1.165) is 22.5 Å². The van der Waals surface area contributed by atoms with Gasteiger partial charge in [0.1, 0.15) is 5.76 Å². The molecule has 2 aromatic rings. The Balaban J connectivity index is 2.18. The first kappa shape index (κ1) is 16.2. The number of nitrogens with one attached hydrogen (secondary N) is 1. The standard InChI is InChI=1S/C17H22N2O3/c1-5-15(16-11(2)19-22-12(16)3)17(20)18-14-8-6-7-13(9-14)10-21-4/h6-9,15H,5,10H2,1-4H3,(H,18,20)/t15-/m0/s1. The highest BCUT2D eigenvalue weighted by Gasteiger charge is 2.25. The number of anilines is 1. The van der Waals surface area contributed by atoms with Gasteiger partial charge in [0.2, 0.25) is 5.91 Å². The molecular formula is C17H22N2O3. The SMILES string of the molecule is CC[C@H](C(=O)Nc1cccc(COC)c1)c1c(C)noc1C. The number of carbonyl (C=O) groups excluding carboxylic acids is 1. The number of benzene rings is 1. The summed E-state index contributed by atoms with van der Waals surface area (Å²) in [5.41, 5.74) is 3.44. The maximum atomic E-state index is 12.6. The Labute approximate surface area is 130 Å². The molecule has 0 fully saturated rings. The van der Waals surface area contributed by atoms with Crippen LogP contribution in [0.3, 0.4) is 0 Å². The molecule has 118 valence electrons. The van der Waals surface area contributed by atoms with E-state index in [0.29, 0.717) is 18.8 Å². The molecular weight excluding hydrogens is 280 g/mol. The normalized spacial score (nSPS) is 12.2. The van der Waals surface area contributed by atoms with Gasteiger partial charge in [0.25, 0.3) is 0 Å². The van der Waals surface area contributed by atoms with E-state index in [9.17, 15) is 4.79 Å². The summed E-state index contributed by atoms with van der Waals surface area (Å²) in [7, 11) is 1.65. The summed E-state index contributed by atoms with van der Waals surface area (Å²) in [4.78, 5) is 12.6. The minimum atomic E-state index is -0.266. The Morgan fingerprint density at radius 3 is 2.77 bits per heavy atom. The first-order valence-corrected chi connectivity index (χ1v) is 7.38. The fourth-order valence-electron chi connectivity index (χ4n) is 2.64. The molecule has 1 amide bonds. The molecule has 0 aliphatic heterocycles. The van der Waals surface area contributed by atoms with Gasteiger partial charge in [-0.25, -0.2) is 0 Å². The Morgan fingerprint density at radius 2 is 2.18 bits per heavy atom. The van der Waals surface area contributed by atoms with Crippen LogP contribution in [-0.2, 0) is 16.1 Å². The summed E-state index contributed by atoms with van der Waals surface area (Å²) in [5, 5.41) is 6.91. The molecule has 1 aromatic carbocycles. The predicted molar refractivity (Wildman–Crippen MR) is 84.8 cm³/mol. The minimum absolute atomic E-state index is 0.0496. The Hall–Kier alpha value is -2.14. The smallest absolute Gasteiger partial charge is 0.232 e. The average Bonchev–Trinajstić information content (AvgIpc) is 2.81. The molecule has 0 bridgehead atoms. The summed E-state index contributed by atoms with van der Waals surface area (Å²) < 4.78 is 10.3. The lowest BCUT2D eigenvalue weighted by atomic mass is 9.94. The second-order valence-electron chi connectivity index (χ2n) is 5.32. The molecule has 0 saturated carbocycles. The monoisotopic (exact) mass is 302 g/mol. The van der Waals surface area contributed by atoms with Crippen LogP contribution >= 0.6 is 0 Å². The van der Waals surface area contributed by atoms with Crippen molar-refractivity contribution in [1.29, 1.82) is 0 Å². The lowest BCUT2D eigenvalue weighted by Gasteiger charge is -2.15. The molecule has 0 radical (unpaired) electrons. The summed E-state index contributed by atoms with van der Waals surface area (Å²) in [5.74, 6) is 0.386. The van der Waals surface area contributed by atoms with Gasteiger partial charge in [-0.05, 0) is 38.0 Å². The van der Waals surface area contributed by atoms with Crippen molar-refractivity contribution in [3.8, 4) is 0 Å². The van der Waals surface area contributed by atoms with Crippen LogP contribution < -0.4 is 5.32 Å². The molecule has 1 aromatic heterocycles. The van der Waals surface area contributed by atoms with Gasteiger partial charge in [-0.3, -0.25) is 4.79 Å². The lowest BCUT2D eigenvalue weighted by Crippen LogP contribution is -2.21. The molecule has 5 heteroatoms. The molecule has 5 nitrogen and oxygen atoms in total. The quantitative estimate of drug-likeness (QED) is 0.886. The molecule has 1 N–H and O–H groups in total. The number of methoxy groups -OCH3 is 1. The number of nitrogens with zero attached hydrogens (tertiary/aromatic N) is 1. The van der Waals surface area contributed by atoms with E-state index < -0.39 is 0 Å². The highest BCUT2D eigenvalue weighted by molar-refractivity contribution is 5.96. The van der Waals surface area contributed by atoms with Gasteiger partial charge in [-0.15, -0.1) is 0 Å². The summed E-state index contributed by atoms with van der Waals surface area (Å²) >= 11 is 0. The van der Waals surface area contributed by atoms with Crippen molar-refractivity contribution in [3.63, 3.8) is 0 Å². The topological polar surface area (TPSA) is 64.4 Å². The number of carbonyl (C=O) groups is 1. The van der Waals surface area contributed by atoms with Crippen LogP contribution in [0.15, 0.2) is 28.8 Å². The van der Waals surface area contributed by atoms with Crippen molar-refractivity contribution in [2.45, 2.75) is 39.7 Å². The summed E-state index contributed by atoms with van der Waals surface area (Å²) in [6.45, 7) is 6.20. The van der Waals surface area contributed by atoms with E-state index in [2.05, 4.69) is 10.5 Å². The van der Waals surface area contributed by atoms with E-state index in [1.165, 1.54) is 0 Å². The number of ether oxygens (including phenoxy) is 1. The number of rotatable bonds is 6. The average molecular weight is 302 g/mol. The second kappa shape index (κ2) is 7.22. The van der Waals surface area contributed by atoms with Crippen LogP contribution in [0.5, 0.6) is 0 Å². The molecule has 22 heavy (non-hydrogen) atoms. The summed E-state index contributed by atoms with van der Waals surface area (Å²) in [6.07, 6.45) is 0.687. The minimum Gasteiger partial charge on any atom is -0.380 e. The second-order valence-corrected chi connectivity index (χ2v) is 5.32. The number of hydrogen-bond acceptors (Lipinski definition) is 4. The molecule has 1 heterocycles. The van der Waals surface area contributed by atoms with Gasteiger partial charge >= 0.3 is 0 Å². The van der Waals surface area contributed by atoms with Crippen LogP contribution in [-0.4, -0.2) is 18.2 Å². The van der Waals surface area contributed by atoms with Gasteiger partial charge in [-0.2, -0.15) is 0 Å². The Bertz CT molecular complexity index is 630. The van der Waals surface area contributed by atoms with E-state index in [4.69, 9.17) is 9.26 Å². The maximum absolute atomic E-state index is 12.6. The maximum Gasteiger partial charge on any atom is 0.232 e. The van der Waals surface area contributed by atoms with Crippen LogP contribution in [0.1, 0.15) is 41.8 Å². The zero-order valence-electron chi connectivity index (χ0n) is 13.5. The Morgan fingerprint density at radius 1 is 1.41 bits per heavy atom. The largest absolute Gasteiger partial charge is 0.380 e. The van der Waals surface area contributed by atoms with Gasteiger partial charge in [0.15, 0.2) is 0 Å². The van der Waals surface area contributed by atoms with Gasteiger partial charge in [0, 0.05) is 18.4 Å². The molecule has 0 saturated heterocycles. The molecule has 2 rings (SSSR count). The highest BCUT2D eigenvalue weighted by Crippen LogP contribution is 2.27. The number of aromatic nitrogens is 1. The van der Waals surface area contributed by atoms with E-state index >= 15 is 0 Å². The fraction of sp³-hybridized carbons (Fsp3) is 0.412. The first-order chi connectivity index (χ1) is 10.6. The van der Waals surface area contributed by atoms with E-state index in [1.54, 1.807) is 7.11 Å². The molecule has 0 unspecified atom stereocenters. The van der Waals surface area contributed by atoms with Crippen molar-refractivity contribution < 1.29 is 14.1 Å². The Kier molecular flexibility index (Phi) is 5.33. The van der Waals surface area contributed by atoms with Crippen LogP contribution in [0.4, 0.5) is 5.69 Å². The molecule has 0 spiro atoms. The van der Waals surface area contributed by atoms with Crippen molar-refractivity contribution in [3.05, 3.63) is 46.8 Å². The zero-order chi connectivity index (χ0) is 16.1. The number of amides is 1. The third-order valence-corrected chi connectivity index (χ3v) is 3.67. The zero-order valence-corrected chi connectivity index (χ0v) is 13.5. The van der Waals surface area contributed by atoms with Crippen molar-refractivity contribution in [2.24, 2.45) is 0 Å². The van der Waals surface area contributed by atoms with Gasteiger partial charge < -0.3 is 14.6 Å². The summed E-state index contributed by atoms with van der Waals surface area (Å²) in [6, 6.07) is 7.66. The van der Waals surface area contributed by atoms with E-state index in [-0.39, 0.29) is 11.8 Å². The van der Waals surface area contributed by atoms with Crippen LogP contribution in [0.2, 0.25) is 0 Å². The third-order valence-electron chi connectivity index (χ3n) is 3.67. The molecule has 1 atom stereocenters. The fourth-order valence-corrected chi connectivity index (χ4v) is 2.64.